The predicted molar refractivity (Wildman–Crippen MR) is 134 cm³/mol. The summed E-state index contributed by atoms with van der Waals surface area (Å²) in [5.41, 5.74) is -7.78. The quantitative estimate of drug-likeness (QED) is 0.323. The molecule has 3 aliphatic rings. The number of alkyl halides is 7. The van der Waals surface area contributed by atoms with Crippen LogP contribution in [0.5, 0.6) is 0 Å². The highest BCUT2D eigenvalue weighted by Crippen LogP contribution is 2.59. The minimum atomic E-state index is -6.36. The Bertz CT molecular complexity index is 1490. The zero-order valence-corrected chi connectivity index (χ0v) is 23.0. The molecule has 0 heterocycles. The summed E-state index contributed by atoms with van der Waals surface area (Å²) in [5.74, 6) is -2.98. The Morgan fingerprint density at radius 2 is 1.47 bits per heavy atom. The smallest absolute Gasteiger partial charge is 0.390 e. The van der Waals surface area contributed by atoms with Crippen LogP contribution in [0.2, 0.25) is 0 Å². The molecule has 2 aromatic rings. The fraction of sp³-hybridized carbons (Fsp3) is 0.536. The lowest BCUT2D eigenvalue weighted by atomic mass is 9.74. The van der Waals surface area contributed by atoms with E-state index in [1.807, 2.05) is 0 Å². The maximum Gasteiger partial charge on any atom is 0.435 e. The van der Waals surface area contributed by atoms with Crippen molar-refractivity contribution >= 4 is 15.7 Å². The Balaban J connectivity index is 1.61. The second-order valence-electron chi connectivity index (χ2n) is 11.5. The maximum absolute atomic E-state index is 14.9. The van der Waals surface area contributed by atoms with Gasteiger partial charge >= 0.3 is 18.0 Å². The van der Waals surface area contributed by atoms with Crippen LogP contribution in [0.1, 0.15) is 48.8 Å². The van der Waals surface area contributed by atoms with Crippen LogP contribution >= 0.6 is 0 Å². The van der Waals surface area contributed by atoms with Crippen molar-refractivity contribution < 1.29 is 58.5 Å². The van der Waals surface area contributed by atoms with E-state index in [9.17, 15) is 58.5 Å². The van der Waals surface area contributed by atoms with Gasteiger partial charge in [-0.3, -0.25) is 4.79 Å². The lowest BCUT2D eigenvalue weighted by Gasteiger charge is -2.43. The molecule has 6 atom stereocenters. The fourth-order valence-corrected chi connectivity index (χ4v) is 9.53. The van der Waals surface area contributed by atoms with E-state index < -0.39 is 80.0 Å². The van der Waals surface area contributed by atoms with Gasteiger partial charge in [-0.15, -0.1) is 0 Å². The van der Waals surface area contributed by atoms with E-state index in [0.29, 0.717) is 6.07 Å². The number of halogens is 8. The molecule has 0 spiro atoms. The van der Waals surface area contributed by atoms with Crippen LogP contribution < -0.4 is 5.32 Å². The highest BCUT2D eigenvalue weighted by atomic mass is 32.2. The van der Waals surface area contributed by atoms with Crippen LogP contribution in [-0.4, -0.2) is 55.1 Å². The Morgan fingerprint density at radius 3 is 2.02 bits per heavy atom. The lowest BCUT2D eigenvalue weighted by Crippen LogP contribution is -2.51. The first kappa shape index (κ1) is 31.6. The standard InChI is InChI=1S/C28H27F8NO5S/c29-17-3-5-18(6-4-17)43(41,42)25-10-9-21(37-24(40)15-12-22(38)23(39)13-15)20(25)7-1-14-11-16(2-8-19(14)25)26(30,27(31,32)33)28(34,35)36/h2-6,8,11,15,20-23,38-39H,1,7,9-10,12-13H2,(H,37,40)/t15-,20-,21+,22-,23+,25+/m0/s1. The highest BCUT2D eigenvalue weighted by molar-refractivity contribution is 7.92. The average molecular weight is 642 g/mol. The highest BCUT2D eigenvalue weighted by Gasteiger charge is 2.73. The van der Waals surface area contributed by atoms with Crippen molar-refractivity contribution in [3.63, 3.8) is 0 Å². The van der Waals surface area contributed by atoms with E-state index in [1.165, 1.54) is 0 Å². The average Bonchev–Trinajstić information content (AvgIpc) is 3.47. The van der Waals surface area contributed by atoms with Crippen LogP contribution in [0.15, 0.2) is 47.4 Å². The minimum Gasteiger partial charge on any atom is -0.390 e. The van der Waals surface area contributed by atoms with Gasteiger partial charge in [-0.05, 0) is 73.9 Å². The van der Waals surface area contributed by atoms with Gasteiger partial charge in [-0.25, -0.2) is 17.2 Å². The number of aryl methyl sites for hydroxylation is 1. The predicted octanol–water partition coefficient (Wildman–Crippen LogP) is 4.76. The summed E-state index contributed by atoms with van der Waals surface area (Å²) in [7, 11) is -4.54. The van der Waals surface area contributed by atoms with Crippen molar-refractivity contribution in [3.05, 3.63) is 65.0 Å². The minimum absolute atomic E-state index is 0.0294. The molecule has 3 N–H and O–H groups in total. The second kappa shape index (κ2) is 10.4. The van der Waals surface area contributed by atoms with Crippen molar-refractivity contribution in [3.8, 4) is 0 Å². The van der Waals surface area contributed by atoms with Crippen molar-refractivity contribution in [2.24, 2.45) is 11.8 Å². The number of hydrogen-bond acceptors (Lipinski definition) is 5. The molecule has 2 aromatic carbocycles. The maximum atomic E-state index is 14.9. The third-order valence-corrected chi connectivity index (χ3v) is 11.8. The van der Waals surface area contributed by atoms with Gasteiger partial charge in [-0.1, -0.05) is 18.2 Å². The number of sulfone groups is 1. The van der Waals surface area contributed by atoms with E-state index in [1.54, 1.807) is 0 Å². The largest absolute Gasteiger partial charge is 0.435 e. The van der Waals surface area contributed by atoms with Gasteiger partial charge in [0.25, 0.3) is 0 Å². The molecule has 5 rings (SSSR count). The van der Waals surface area contributed by atoms with E-state index in [4.69, 9.17) is 0 Å². The normalized spacial score (nSPS) is 29.7. The number of carbonyl (C=O) groups is 1. The Morgan fingerprint density at radius 1 is 0.884 bits per heavy atom. The molecule has 1 amide bonds. The van der Waals surface area contributed by atoms with Gasteiger partial charge in [0.2, 0.25) is 5.91 Å². The molecule has 0 bridgehead atoms. The molecule has 0 aromatic heterocycles. The van der Waals surface area contributed by atoms with E-state index in [2.05, 4.69) is 5.32 Å². The van der Waals surface area contributed by atoms with Crippen LogP contribution in [0, 0.1) is 17.7 Å². The molecule has 2 saturated carbocycles. The lowest BCUT2D eigenvalue weighted by molar-refractivity contribution is -0.348. The SMILES string of the molecule is O=C(N[C@@H]1CC[C@@]2(S(=O)(=O)c3ccc(F)cc3)c3ccc(C(F)(C(F)(F)F)C(F)(F)F)cc3CC[C@@H]12)[C@@H]1C[C@@H](O)[C@@H](O)C1. The summed E-state index contributed by atoms with van der Waals surface area (Å²) in [6.45, 7) is 0. The number of rotatable bonds is 5. The Kier molecular flexibility index (Phi) is 7.65. The monoisotopic (exact) mass is 641 g/mol. The van der Waals surface area contributed by atoms with Crippen molar-refractivity contribution in [1.29, 1.82) is 0 Å². The van der Waals surface area contributed by atoms with Gasteiger partial charge in [0.1, 0.15) is 10.6 Å². The topological polar surface area (TPSA) is 104 Å². The number of hydrogen-bond donors (Lipinski definition) is 3. The van der Waals surface area contributed by atoms with Gasteiger partial charge in [0, 0.05) is 23.4 Å². The molecule has 43 heavy (non-hydrogen) atoms. The summed E-state index contributed by atoms with van der Waals surface area (Å²) < 4.78 is 136. The van der Waals surface area contributed by atoms with Gasteiger partial charge in [0.15, 0.2) is 9.84 Å². The number of nitrogens with one attached hydrogen (secondary N) is 1. The van der Waals surface area contributed by atoms with Gasteiger partial charge in [-0.2, -0.15) is 26.3 Å². The zero-order valence-electron chi connectivity index (χ0n) is 22.2. The van der Waals surface area contributed by atoms with Crippen LogP contribution in [0.25, 0.3) is 0 Å². The first-order chi connectivity index (χ1) is 19.8. The van der Waals surface area contributed by atoms with Crippen LogP contribution in [0.3, 0.4) is 0 Å². The van der Waals surface area contributed by atoms with E-state index in [-0.39, 0.29) is 60.6 Å². The summed E-state index contributed by atoms with van der Waals surface area (Å²) >= 11 is 0. The molecule has 15 heteroatoms. The number of carbonyl (C=O) groups excluding carboxylic acids is 1. The number of amides is 1. The molecule has 2 fully saturated rings. The number of aliphatic hydroxyl groups excluding tert-OH is 2. The molecular weight excluding hydrogens is 614 g/mol. The first-order valence-corrected chi connectivity index (χ1v) is 15.0. The summed E-state index contributed by atoms with van der Waals surface area (Å²) in [6.07, 6.45) is -15.5. The summed E-state index contributed by atoms with van der Waals surface area (Å²) in [5, 5.41) is 22.5. The van der Waals surface area contributed by atoms with Crippen LogP contribution in [0.4, 0.5) is 35.1 Å². The molecule has 0 saturated heterocycles. The molecule has 0 aliphatic heterocycles. The van der Waals surface area contributed by atoms with E-state index >= 15 is 0 Å². The summed E-state index contributed by atoms with van der Waals surface area (Å²) in [6, 6.07) is 4.42. The molecule has 3 aliphatic carbocycles. The molecule has 236 valence electrons. The van der Waals surface area contributed by atoms with Gasteiger partial charge < -0.3 is 15.5 Å². The van der Waals surface area contributed by atoms with Crippen molar-refractivity contribution in [1.82, 2.24) is 5.32 Å². The molecule has 0 unspecified atom stereocenters. The fourth-order valence-electron chi connectivity index (χ4n) is 7.06. The molecule has 0 radical (unpaired) electrons. The Labute approximate surface area is 241 Å². The van der Waals surface area contributed by atoms with Crippen molar-refractivity contribution in [2.45, 2.75) is 84.4 Å². The first-order valence-electron chi connectivity index (χ1n) is 13.5. The van der Waals surface area contributed by atoms with Gasteiger partial charge in [0.05, 0.1) is 17.1 Å². The second-order valence-corrected chi connectivity index (χ2v) is 13.7. The molecular formula is C28H27F8NO5S. The van der Waals surface area contributed by atoms with Crippen molar-refractivity contribution in [2.75, 3.05) is 0 Å². The van der Waals surface area contributed by atoms with Crippen LogP contribution in [-0.2, 0) is 31.5 Å². The van der Waals surface area contributed by atoms with E-state index in [0.717, 1.165) is 30.3 Å². The number of benzene rings is 2. The number of fused-ring (bicyclic) bond motifs is 3. The Hall–Kier alpha value is -2.78. The molecule has 6 nitrogen and oxygen atoms in total. The third kappa shape index (κ3) is 4.82. The number of aliphatic hydroxyl groups is 2. The summed E-state index contributed by atoms with van der Waals surface area (Å²) in [4.78, 5) is 12.7. The third-order valence-electron chi connectivity index (χ3n) is 9.17. The zero-order chi connectivity index (χ0) is 31.8.